The van der Waals surface area contributed by atoms with Crippen LogP contribution in [0.4, 0.5) is 0 Å². The van der Waals surface area contributed by atoms with Crippen molar-refractivity contribution in [1.29, 1.82) is 0 Å². The second-order valence-corrected chi connectivity index (χ2v) is 3.92. The van der Waals surface area contributed by atoms with Crippen LogP contribution in [-0.4, -0.2) is 28.2 Å². The lowest BCUT2D eigenvalue weighted by molar-refractivity contribution is 0.0690. The van der Waals surface area contributed by atoms with Crippen molar-refractivity contribution in [3.63, 3.8) is 0 Å². The number of pyridine rings is 1. The molecular formula is C13H10N2O3. The van der Waals surface area contributed by atoms with Crippen molar-refractivity contribution >= 4 is 27.8 Å². The van der Waals surface area contributed by atoms with Crippen molar-refractivity contribution in [2.24, 2.45) is 0 Å². The Morgan fingerprint density at radius 3 is 2.83 bits per heavy atom. The molecular weight excluding hydrogens is 232 g/mol. The normalized spacial score (nSPS) is 10.9. The summed E-state index contributed by atoms with van der Waals surface area (Å²) in [4.78, 5) is 18.2. The highest BCUT2D eigenvalue weighted by Crippen LogP contribution is 2.30. The number of H-pyrrole nitrogens is 1. The number of hydrogen-bond acceptors (Lipinski definition) is 3. The second kappa shape index (κ2) is 3.73. The SMILES string of the molecule is COc1nc(C(=O)O)cc2c1[nH]c1ccccc12. The van der Waals surface area contributed by atoms with Crippen LogP contribution in [0.15, 0.2) is 30.3 Å². The maximum atomic E-state index is 11.0. The van der Waals surface area contributed by atoms with Crippen molar-refractivity contribution in [3.05, 3.63) is 36.0 Å². The molecule has 1 aromatic carbocycles. The summed E-state index contributed by atoms with van der Waals surface area (Å²) in [7, 11) is 1.47. The molecule has 0 atom stereocenters. The number of carbonyl (C=O) groups is 1. The first kappa shape index (κ1) is 10.6. The monoisotopic (exact) mass is 242 g/mol. The zero-order chi connectivity index (χ0) is 12.7. The standard InChI is InChI=1S/C13H10N2O3/c1-18-12-11-8(6-10(15-12)13(16)17)7-4-2-3-5-9(7)14-11/h2-6,14H,1H3,(H,16,17). The molecule has 0 aliphatic rings. The van der Waals surface area contributed by atoms with E-state index in [-0.39, 0.29) is 5.69 Å². The molecule has 0 aliphatic carbocycles. The Labute approximate surface area is 102 Å². The molecule has 0 spiro atoms. The van der Waals surface area contributed by atoms with Gasteiger partial charge in [0.25, 0.3) is 0 Å². The number of carboxylic acids is 1. The van der Waals surface area contributed by atoms with Crippen LogP contribution in [0, 0.1) is 0 Å². The number of hydrogen-bond donors (Lipinski definition) is 2. The number of aromatic carboxylic acids is 1. The fraction of sp³-hybridized carbons (Fsp3) is 0.0769. The molecule has 2 aromatic heterocycles. The number of aromatic nitrogens is 2. The quantitative estimate of drug-likeness (QED) is 0.723. The summed E-state index contributed by atoms with van der Waals surface area (Å²) in [5, 5.41) is 10.8. The van der Waals surface area contributed by atoms with Crippen LogP contribution in [0.1, 0.15) is 10.5 Å². The van der Waals surface area contributed by atoms with Gasteiger partial charge < -0.3 is 14.8 Å². The summed E-state index contributed by atoms with van der Waals surface area (Å²) in [5.41, 5.74) is 1.61. The van der Waals surface area contributed by atoms with E-state index >= 15 is 0 Å². The summed E-state index contributed by atoms with van der Waals surface area (Å²) < 4.78 is 5.14. The smallest absolute Gasteiger partial charge is 0.354 e. The molecule has 0 saturated carbocycles. The van der Waals surface area contributed by atoms with Crippen LogP contribution in [0.2, 0.25) is 0 Å². The van der Waals surface area contributed by atoms with Crippen LogP contribution in [0.3, 0.4) is 0 Å². The molecule has 3 rings (SSSR count). The summed E-state index contributed by atoms with van der Waals surface area (Å²) in [5.74, 6) is -0.776. The van der Waals surface area contributed by atoms with Crippen LogP contribution in [-0.2, 0) is 0 Å². The third-order valence-electron chi connectivity index (χ3n) is 2.88. The second-order valence-electron chi connectivity index (χ2n) is 3.92. The third kappa shape index (κ3) is 1.41. The first-order valence-corrected chi connectivity index (χ1v) is 5.39. The highest BCUT2D eigenvalue weighted by atomic mass is 16.5. The van der Waals surface area contributed by atoms with E-state index in [0.29, 0.717) is 11.4 Å². The number of rotatable bonds is 2. The number of benzene rings is 1. The van der Waals surface area contributed by atoms with Gasteiger partial charge in [0.15, 0.2) is 5.69 Å². The molecule has 2 N–H and O–H groups in total. The molecule has 0 radical (unpaired) electrons. The van der Waals surface area contributed by atoms with E-state index in [1.807, 2.05) is 24.3 Å². The summed E-state index contributed by atoms with van der Waals surface area (Å²) in [6, 6.07) is 9.23. The Hall–Kier alpha value is -2.56. The first-order valence-electron chi connectivity index (χ1n) is 5.39. The maximum absolute atomic E-state index is 11.0. The van der Waals surface area contributed by atoms with Gasteiger partial charge in [-0.3, -0.25) is 0 Å². The summed E-state index contributed by atoms with van der Waals surface area (Å²) >= 11 is 0. The minimum absolute atomic E-state index is 0.0240. The third-order valence-corrected chi connectivity index (χ3v) is 2.88. The van der Waals surface area contributed by atoms with Gasteiger partial charge in [-0.15, -0.1) is 0 Å². The number of para-hydroxylation sites is 1. The van der Waals surface area contributed by atoms with Gasteiger partial charge >= 0.3 is 5.97 Å². The van der Waals surface area contributed by atoms with E-state index in [1.165, 1.54) is 7.11 Å². The van der Waals surface area contributed by atoms with E-state index in [4.69, 9.17) is 9.84 Å². The molecule has 5 heteroatoms. The van der Waals surface area contributed by atoms with Gasteiger partial charge in [0.2, 0.25) is 5.88 Å². The Kier molecular flexibility index (Phi) is 2.19. The molecule has 0 fully saturated rings. The Morgan fingerprint density at radius 2 is 2.11 bits per heavy atom. The molecule has 0 bridgehead atoms. The average Bonchev–Trinajstić information content (AvgIpc) is 2.76. The van der Waals surface area contributed by atoms with Crippen LogP contribution >= 0.6 is 0 Å². The van der Waals surface area contributed by atoms with Gasteiger partial charge in [-0.1, -0.05) is 18.2 Å². The molecule has 0 saturated heterocycles. The van der Waals surface area contributed by atoms with Crippen molar-refractivity contribution in [2.75, 3.05) is 7.11 Å². The predicted octanol–water partition coefficient (Wildman–Crippen LogP) is 2.42. The van der Waals surface area contributed by atoms with E-state index < -0.39 is 5.97 Å². The molecule has 0 aliphatic heterocycles. The highest BCUT2D eigenvalue weighted by molar-refractivity contribution is 6.10. The zero-order valence-corrected chi connectivity index (χ0v) is 9.60. The minimum atomic E-state index is -1.07. The van der Waals surface area contributed by atoms with E-state index in [0.717, 1.165) is 16.3 Å². The average molecular weight is 242 g/mol. The van der Waals surface area contributed by atoms with Gasteiger partial charge in [-0.2, -0.15) is 0 Å². The fourth-order valence-corrected chi connectivity index (χ4v) is 2.07. The number of fused-ring (bicyclic) bond motifs is 3. The Morgan fingerprint density at radius 1 is 1.33 bits per heavy atom. The Balaban J connectivity index is 2.48. The largest absolute Gasteiger partial charge is 0.479 e. The van der Waals surface area contributed by atoms with Gasteiger partial charge in [-0.05, 0) is 12.1 Å². The maximum Gasteiger partial charge on any atom is 0.354 e. The lowest BCUT2D eigenvalue weighted by Gasteiger charge is -2.02. The van der Waals surface area contributed by atoms with Gasteiger partial charge in [0.1, 0.15) is 5.52 Å². The minimum Gasteiger partial charge on any atom is -0.479 e. The van der Waals surface area contributed by atoms with Crippen molar-refractivity contribution in [3.8, 4) is 5.88 Å². The first-order chi connectivity index (χ1) is 8.70. The van der Waals surface area contributed by atoms with Crippen molar-refractivity contribution in [1.82, 2.24) is 9.97 Å². The van der Waals surface area contributed by atoms with E-state index in [1.54, 1.807) is 6.07 Å². The lowest BCUT2D eigenvalue weighted by atomic mass is 10.1. The molecule has 0 amide bonds. The lowest BCUT2D eigenvalue weighted by Crippen LogP contribution is -2.01. The molecule has 2 heterocycles. The van der Waals surface area contributed by atoms with Gasteiger partial charge in [0, 0.05) is 16.3 Å². The number of aromatic amines is 1. The number of nitrogens with one attached hydrogen (secondary N) is 1. The topological polar surface area (TPSA) is 75.2 Å². The summed E-state index contributed by atoms with van der Waals surface area (Å²) in [6.07, 6.45) is 0. The van der Waals surface area contributed by atoms with Crippen molar-refractivity contribution < 1.29 is 14.6 Å². The zero-order valence-electron chi connectivity index (χ0n) is 9.60. The number of carboxylic acid groups (broad SMARTS) is 1. The predicted molar refractivity (Wildman–Crippen MR) is 67.1 cm³/mol. The molecule has 18 heavy (non-hydrogen) atoms. The van der Waals surface area contributed by atoms with E-state index in [9.17, 15) is 4.79 Å². The van der Waals surface area contributed by atoms with Crippen LogP contribution in [0.5, 0.6) is 5.88 Å². The highest BCUT2D eigenvalue weighted by Gasteiger charge is 2.15. The number of ether oxygens (including phenoxy) is 1. The van der Waals surface area contributed by atoms with Gasteiger partial charge in [0.05, 0.1) is 7.11 Å². The van der Waals surface area contributed by atoms with Crippen LogP contribution in [0.25, 0.3) is 21.8 Å². The fourth-order valence-electron chi connectivity index (χ4n) is 2.07. The van der Waals surface area contributed by atoms with Crippen LogP contribution < -0.4 is 4.74 Å². The number of methoxy groups -OCH3 is 1. The molecule has 90 valence electrons. The molecule has 0 unspecified atom stereocenters. The summed E-state index contributed by atoms with van der Waals surface area (Å²) in [6.45, 7) is 0. The molecule has 5 nitrogen and oxygen atoms in total. The Bertz CT molecular complexity index is 761. The molecule has 3 aromatic rings. The van der Waals surface area contributed by atoms with E-state index in [2.05, 4.69) is 9.97 Å². The van der Waals surface area contributed by atoms with Crippen molar-refractivity contribution in [2.45, 2.75) is 0 Å². The number of nitrogens with zero attached hydrogens (tertiary/aromatic N) is 1. The van der Waals surface area contributed by atoms with Gasteiger partial charge in [-0.25, -0.2) is 9.78 Å².